The van der Waals surface area contributed by atoms with Crippen LogP contribution in [0.3, 0.4) is 0 Å². The Balaban J connectivity index is 0.000000279. The van der Waals surface area contributed by atoms with E-state index in [2.05, 4.69) is 81.7 Å². The zero-order valence-corrected chi connectivity index (χ0v) is 37.1. The molecule has 0 fully saturated rings. The molecular formula is C43H55IrN2O2S3-. The van der Waals surface area contributed by atoms with Gasteiger partial charge in [0.25, 0.3) is 0 Å². The zero-order valence-electron chi connectivity index (χ0n) is 32.2. The Morgan fingerprint density at radius 1 is 0.941 bits per heavy atom. The van der Waals surface area contributed by atoms with E-state index in [1.807, 2.05) is 75.6 Å². The van der Waals surface area contributed by atoms with E-state index >= 15 is 0 Å². The van der Waals surface area contributed by atoms with Gasteiger partial charge in [0.15, 0.2) is 5.78 Å². The van der Waals surface area contributed by atoms with Crippen LogP contribution < -0.4 is 5.32 Å². The number of allylic oxidation sites excluding steroid dienone is 2. The minimum absolute atomic E-state index is 0. The summed E-state index contributed by atoms with van der Waals surface area (Å²) in [6.07, 6.45) is 5.90. The summed E-state index contributed by atoms with van der Waals surface area (Å²) in [6, 6.07) is 15.2. The molecule has 4 nitrogen and oxygen atoms in total. The normalized spacial score (nSPS) is 13.9. The van der Waals surface area contributed by atoms with Crippen molar-refractivity contribution in [1.82, 2.24) is 0 Å². The van der Waals surface area contributed by atoms with Crippen LogP contribution in [0.2, 0.25) is 0 Å². The second-order valence-electron chi connectivity index (χ2n) is 15.8. The maximum Gasteiger partial charge on any atom is 0.164 e. The number of aliphatic imine (C=N–C) groups is 1. The van der Waals surface area contributed by atoms with Gasteiger partial charge in [-0.05, 0) is 65.6 Å². The molecule has 277 valence electrons. The number of nitrogens with one attached hydrogen (secondary N) is 1. The number of aliphatic hydroxyl groups excluding tert-OH is 1. The molecule has 8 heteroatoms. The number of thiophene rings is 3. The molecule has 1 radical (unpaired) electrons. The molecule has 2 N–H and O–H groups in total. The quantitative estimate of drug-likeness (QED) is 0.0833. The Morgan fingerprint density at radius 2 is 1.61 bits per heavy atom. The van der Waals surface area contributed by atoms with Crippen LogP contribution in [0, 0.1) is 22.8 Å². The first-order chi connectivity index (χ1) is 23.6. The van der Waals surface area contributed by atoms with Crippen molar-refractivity contribution in [2.24, 2.45) is 21.7 Å². The number of ketones is 1. The van der Waals surface area contributed by atoms with Crippen LogP contribution in [-0.2, 0) is 36.7 Å². The SMILES string of the molecule is CC(C)Cc1cc2c(ccc3c4c(sc32)C(c2[c-]c3ccsc3c(C(C)(C)C)c2)=NCN4)s1.CCC(C)(CC)C(=O)/C=C(\O)C(C)(CC)CC.[Ir]. The number of hydrogen-bond acceptors (Lipinski definition) is 7. The number of anilines is 1. The molecule has 6 rings (SSSR count). The monoisotopic (exact) mass is 920 g/mol. The van der Waals surface area contributed by atoms with Gasteiger partial charge < -0.3 is 15.4 Å². The van der Waals surface area contributed by atoms with Gasteiger partial charge in [0.05, 0.1) is 12.4 Å². The zero-order chi connectivity index (χ0) is 36.6. The number of rotatable bonds is 10. The van der Waals surface area contributed by atoms with Crippen LogP contribution in [0.4, 0.5) is 5.69 Å². The smallest absolute Gasteiger partial charge is 0.164 e. The molecule has 2 aromatic carbocycles. The number of nitrogens with zero attached hydrogens (tertiary/aromatic N) is 1. The molecule has 5 aromatic rings. The van der Waals surface area contributed by atoms with Crippen LogP contribution in [0.5, 0.6) is 0 Å². The standard InChI is InChI=1S/C28H27N2S3.C15H28O2.Ir/c1-15(2)10-18-13-20-22(32-18)7-6-19-24-27(33-26(19)20)23(29-14-30-24)17-11-16-8-9-31-25(16)21(12-17)28(3,4)5;1-7-14(5,8-2)12(16)11-13(17)15(6,9-3)10-4;/h6-9,12-13,15,30H,10,14H2,1-5H3;11,16H,7-10H2,1-6H3;/q-1;;/b;12-11-;. The van der Waals surface area contributed by atoms with E-state index in [9.17, 15) is 9.90 Å². The van der Waals surface area contributed by atoms with Crippen molar-refractivity contribution in [2.75, 3.05) is 12.0 Å². The average Bonchev–Trinajstić information content (AvgIpc) is 3.82. The molecule has 0 bridgehead atoms. The van der Waals surface area contributed by atoms with Gasteiger partial charge in [0, 0.05) is 72.6 Å². The molecule has 51 heavy (non-hydrogen) atoms. The van der Waals surface area contributed by atoms with E-state index in [4.69, 9.17) is 4.99 Å². The summed E-state index contributed by atoms with van der Waals surface area (Å²) in [5, 5.41) is 19.8. The molecule has 1 aliphatic heterocycles. The van der Waals surface area contributed by atoms with Gasteiger partial charge in [-0.2, -0.15) is 11.3 Å². The van der Waals surface area contributed by atoms with Gasteiger partial charge in [0.2, 0.25) is 0 Å². The Bertz CT molecular complexity index is 2060. The van der Waals surface area contributed by atoms with E-state index in [1.54, 1.807) is 0 Å². The van der Waals surface area contributed by atoms with Crippen LogP contribution >= 0.6 is 34.0 Å². The summed E-state index contributed by atoms with van der Waals surface area (Å²) in [7, 11) is 0. The summed E-state index contributed by atoms with van der Waals surface area (Å²) in [4.78, 5) is 19.9. The molecule has 0 amide bonds. The topological polar surface area (TPSA) is 61.7 Å². The molecule has 0 saturated carbocycles. The molecule has 4 heterocycles. The van der Waals surface area contributed by atoms with Crippen molar-refractivity contribution in [3.63, 3.8) is 0 Å². The van der Waals surface area contributed by atoms with Crippen molar-refractivity contribution in [3.8, 4) is 0 Å². The third-order valence-electron chi connectivity index (χ3n) is 10.9. The molecule has 3 aromatic heterocycles. The number of hydrogen-bond donors (Lipinski definition) is 2. The van der Waals surface area contributed by atoms with Crippen molar-refractivity contribution in [2.45, 2.75) is 114 Å². The Kier molecular flexibility index (Phi) is 13.3. The van der Waals surface area contributed by atoms with Gasteiger partial charge in [-0.1, -0.05) is 93.4 Å². The van der Waals surface area contributed by atoms with Crippen LogP contribution in [0.1, 0.15) is 123 Å². The third-order valence-corrected chi connectivity index (χ3v) is 14.2. The van der Waals surface area contributed by atoms with Crippen molar-refractivity contribution in [3.05, 3.63) is 74.5 Å². The van der Waals surface area contributed by atoms with E-state index in [1.165, 1.54) is 57.3 Å². The number of carbonyl (C=O) groups is 1. The molecule has 0 spiro atoms. The van der Waals surface area contributed by atoms with Gasteiger partial charge in [-0.3, -0.25) is 4.79 Å². The second kappa shape index (κ2) is 16.3. The first kappa shape index (κ1) is 41.4. The maximum absolute atomic E-state index is 12.2. The Hall–Kier alpha value is -2.35. The molecule has 0 unspecified atom stereocenters. The Morgan fingerprint density at radius 3 is 2.22 bits per heavy atom. The van der Waals surface area contributed by atoms with E-state index < -0.39 is 0 Å². The number of fused-ring (bicyclic) bond motifs is 6. The third kappa shape index (κ3) is 8.41. The molecule has 1 aliphatic rings. The Labute approximate surface area is 331 Å². The molecule has 0 aliphatic carbocycles. The van der Waals surface area contributed by atoms with Crippen molar-refractivity contribution >= 4 is 81.5 Å². The van der Waals surface area contributed by atoms with Gasteiger partial charge in [-0.25, -0.2) is 0 Å². The summed E-state index contributed by atoms with van der Waals surface area (Å²) < 4.78 is 4.10. The fourth-order valence-corrected chi connectivity index (χ4v) is 10.2. The first-order valence-electron chi connectivity index (χ1n) is 18.3. The van der Waals surface area contributed by atoms with Crippen LogP contribution in [-0.4, -0.2) is 23.3 Å². The minimum Gasteiger partial charge on any atom is -0.512 e. The predicted molar refractivity (Wildman–Crippen MR) is 222 cm³/mol. The van der Waals surface area contributed by atoms with Crippen LogP contribution in [0.25, 0.3) is 30.3 Å². The molecule has 0 saturated heterocycles. The summed E-state index contributed by atoms with van der Waals surface area (Å²) in [5.74, 6) is 0.957. The van der Waals surface area contributed by atoms with E-state index in [-0.39, 0.29) is 47.9 Å². The van der Waals surface area contributed by atoms with E-state index in [0.29, 0.717) is 12.6 Å². The average molecular weight is 920 g/mol. The number of benzene rings is 2. The maximum atomic E-state index is 12.2. The summed E-state index contributed by atoms with van der Waals surface area (Å²) >= 11 is 5.64. The van der Waals surface area contributed by atoms with Gasteiger partial charge in [0.1, 0.15) is 5.76 Å². The van der Waals surface area contributed by atoms with Crippen molar-refractivity contribution < 1.29 is 30.0 Å². The van der Waals surface area contributed by atoms with Crippen molar-refractivity contribution in [1.29, 1.82) is 0 Å². The second-order valence-corrected chi connectivity index (χ2v) is 18.9. The van der Waals surface area contributed by atoms with E-state index in [0.717, 1.165) is 43.4 Å². The van der Waals surface area contributed by atoms with Gasteiger partial charge in [-0.15, -0.1) is 46.3 Å². The minimum atomic E-state index is -0.337. The summed E-state index contributed by atoms with van der Waals surface area (Å²) in [6.45, 7) is 24.2. The largest absolute Gasteiger partial charge is 0.512 e. The fourth-order valence-electron chi connectivity index (χ4n) is 6.42. The predicted octanol–water partition coefficient (Wildman–Crippen LogP) is 13.5. The molecule has 0 atom stereocenters. The molecular weight excluding hydrogens is 865 g/mol. The van der Waals surface area contributed by atoms with Crippen LogP contribution in [0.15, 0.2) is 52.5 Å². The number of carbonyl (C=O) groups excluding carboxylic acids is 1. The number of aliphatic hydroxyl groups is 1. The summed E-state index contributed by atoms with van der Waals surface area (Å²) in [5.41, 5.74) is 4.27. The van der Waals surface area contributed by atoms with Gasteiger partial charge >= 0.3 is 0 Å². The first-order valence-corrected chi connectivity index (χ1v) is 20.8. The fraction of sp³-hybridized carbons (Fsp3) is 0.488.